The van der Waals surface area contributed by atoms with E-state index < -0.39 is 0 Å². The zero-order chi connectivity index (χ0) is 16.1. The van der Waals surface area contributed by atoms with Gasteiger partial charge in [0.05, 0.1) is 0 Å². The molecule has 0 aromatic rings. The maximum absolute atomic E-state index is 12.4. The van der Waals surface area contributed by atoms with Crippen molar-refractivity contribution >= 4 is 11.9 Å². The number of ether oxygens (including phenoxy) is 1. The predicted octanol–water partition coefficient (Wildman–Crippen LogP) is -0.409. The van der Waals surface area contributed by atoms with Crippen molar-refractivity contribution in [1.82, 2.24) is 20.0 Å². The number of hydrogen-bond acceptors (Lipinski definition) is 4. The number of nitrogens with zero attached hydrogens (tertiary/aromatic N) is 4. The van der Waals surface area contributed by atoms with Gasteiger partial charge in [-0.1, -0.05) is 0 Å². The van der Waals surface area contributed by atoms with E-state index in [9.17, 15) is 4.79 Å². The number of amides is 1. The molecule has 0 aromatic carbocycles. The van der Waals surface area contributed by atoms with Crippen molar-refractivity contribution < 1.29 is 9.53 Å². The van der Waals surface area contributed by atoms with Gasteiger partial charge in [-0.3, -0.25) is 9.79 Å². The maximum Gasteiger partial charge on any atom is 0.251 e. The van der Waals surface area contributed by atoms with Crippen molar-refractivity contribution in [3.8, 4) is 0 Å². The molecule has 3 fully saturated rings. The lowest BCUT2D eigenvalue weighted by Gasteiger charge is -2.37. The molecule has 23 heavy (non-hydrogen) atoms. The van der Waals surface area contributed by atoms with Gasteiger partial charge in [0, 0.05) is 52.9 Å². The minimum atomic E-state index is -0.199. The standard InChI is InChI=1S/C16H29N5O2/c1-17-16(18-5-8-19-6-3-7-19)21-11-9-20(10-12-21)15(22)14-4-2-13-23-14/h14H,2-13H2,1H3,(H,17,18). The third-order valence-electron chi connectivity index (χ3n) is 4.97. The van der Waals surface area contributed by atoms with Crippen LogP contribution in [0, 0.1) is 0 Å². The van der Waals surface area contributed by atoms with Crippen molar-refractivity contribution in [2.75, 3.05) is 66.0 Å². The second-order valence-corrected chi connectivity index (χ2v) is 6.48. The molecule has 130 valence electrons. The Morgan fingerprint density at radius 2 is 1.87 bits per heavy atom. The molecule has 0 saturated carbocycles. The van der Waals surface area contributed by atoms with Crippen LogP contribution in [0.2, 0.25) is 0 Å². The molecule has 1 atom stereocenters. The summed E-state index contributed by atoms with van der Waals surface area (Å²) in [5.41, 5.74) is 0. The van der Waals surface area contributed by atoms with E-state index >= 15 is 0 Å². The third kappa shape index (κ3) is 4.14. The predicted molar refractivity (Wildman–Crippen MR) is 89.5 cm³/mol. The molecule has 1 amide bonds. The first kappa shape index (κ1) is 16.5. The van der Waals surface area contributed by atoms with E-state index in [-0.39, 0.29) is 12.0 Å². The van der Waals surface area contributed by atoms with E-state index in [2.05, 4.69) is 20.1 Å². The molecule has 3 aliphatic rings. The molecule has 0 spiro atoms. The lowest BCUT2D eigenvalue weighted by Crippen LogP contribution is -2.56. The highest BCUT2D eigenvalue weighted by Gasteiger charge is 2.30. The van der Waals surface area contributed by atoms with Crippen LogP contribution in [0.5, 0.6) is 0 Å². The van der Waals surface area contributed by atoms with Gasteiger partial charge in [0.1, 0.15) is 6.10 Å². The lowest BCUT2D eigenvalue weighted by atomic mass is 10.2. The first-order valence-corrected chi connectivity index (χ1v) is 8.86. The van der Waals surface area contributed by atoms with Crippen LogP contribution in [0.1, 0.15) is 19.3 Å². The van der Waals surface area contributed by atoms with Crippen molar-refractivity contribution in [1.29, 1.82) is 0 Å². The fourth-order valence-corrected chi connectivity index (χ4v) is 3.38. The zero-order valence-corrected chi connectivity index (χ0v) is 14.2. The first-order chi connectivity index (χ1) is 11.3. The summed E-state index contributed by atoms with van der Waals surface area (Å²) in [6.45, 7) is 8.37. The van der Waals surface area contributed by atoms with Crippen molar-refractivity contribution in [2.45, 2.75) is 25.4 Å². The molecule has 7 heteroatoms. The van der Waals surface area contributed by atoms with Gasteiger partial charge in [0.25, 0.3) is 5.91 Å². The Morgan fingerprint density at radius 3 is 2.43 bits per heavy atom. The van der Waals surface area contributed by atoms with Crippen LogP contribution in [0.4, 0.5) is 0 Å². The van der Waals surface area contributed by atoms with Crippen LogP contribution in [-0.2, 0) is 9.53 Å². The topological polar surface area (TPSA) is 60.4 Å². The summed E-state index contributed by atoms with van der Waals surface area (Å²) in [4.78, 5) is 23.4. The molecule has 0 radical (unpaired) electrons. The molecule has 3 saturated heterocycles. The fraction of sp³-hybridized carbons (Fsp3) is 0.875. The van der Waals surface area contributed by atoms with Crippen LogP contribution in [0.15, 0.2) is 4.99 Å². The van der Waals surface area contributed by atoms with Gasteiger partial charge in [0.15, 0.2) is 5.96 Å². The number of piperazine rings is 1. The Bertz CT molecular complexity index is 424. The van der Waals surface area contributed by atoms with Crippen molar-refractivity contribution in [3.63, 3.8) is 0 Å². The average Bonchev–Trinajstić information content (AvgIpc) is 3.07. The fourth-order valence-electron chi connectivity index (χ4n) is 3.38. The van der Waals surface area contributed by atoms with Crippen LogP contribution in [-0.4, -0.2) is 98.7 Å². The molecular formula is C16H29N5O2. The smallest absolute Gasteiger partial charge is 0.251 e. The van der Waals surface area contributed by atoms with Gasteiger partial charge in [0.2, 0.25) is 0 Å². The Kier molecular flexibility index (Phi) is 5.72. The summed E-state index contributed by atoms with van der Waals surface area (Å²) in [7, 11) is 1.83. The molecule has 1 N–H and O–H groups in total. The van der Waals surface area contributed by atoms with E-state index in [1.54, 1.807) is 0 Å². The van der Waals surface area contributed by atoms with Gasteiger partial charge < -0.3 is 24.8 Å². The first-order valence-electron chi connectivity index (χ1n) is 8.86. The Hall–Kier alpha value is -1.34. The van der Waals surface area contributed by atoms with Gasteiger partial charge in [-0.25, -0.2) is 0 Å². The molecular weight excluding hydrogens is 294 g/mol. The van der Waals surface area contributed by atoms with Crippen LogP contribution >= 0.6 is 0 Å². The highest BCUT2D eigenvalue weighted by molar-refractivity contribution is 5.82. The summed E-state index contributed by atoms with van der Waals surface area (Å²) < 4.78 is 5.51. The zero-order valence-electron chi connectivity index (χ0n) is 14.2. The van der Waals surface area contributed by atoms with Crippen molar-refractivity contribution in [2.24, 2.45) is 4.99 Å². The summed E-state index contributed by atoms with van der Waals surface area (Å²) in [5, 5.41) is 3.44. The van der Waals surface area contributed by atoms with E-state index in [4.69, 9.17) is 4.74 Å². The van der Waals surface area contributed by atoms with Gasteiger partial charge in [-0.2, -0.15) is 0 Å². The number of rotatable bonds is 4. The summed E-state index contributed by atoms with van der Waals surface area (Å²) in [5.74, 6) is 1.12. The molecule has 7 nitrogen and oxygen atoms in total. The molecule has 3 aliphatic heterocycles. The number of carbonyl (C=O) groups is 1. The molecule has 0 aromatic heterocycles. The largest absolute Gasteiger partial charge is 0.368 e. The highest BCUT2D eigenvalue weighted by atomic mass is 16.5. The number of carbonyl (C=O) groups excluding carboxylic acids is 1. The van der Waals surface area contributed by atoms with Crippen LogP contribution in [0.3, 0.4) is 0 Å². The highest BCUT2D eigenvalue weighted by Crippen LogP contribution is 2.16. The van der Waals surface area contributed by atoms with Gasteiger partial charge >= 0.3 is 0 Å². The molecule has 0 aliphatic carbocycles. The van der Waals surface area contributed by atoms with Gasteiger partial charge in [-0.15, -0.1) is 0 Å². The second kappa shape index (κ2) is 7.97. The number of nitrogens with one attached hydrogen (secondary N) is 1. The Balaban J connectivity index is 1.40. The number of aliphatic imine (C=N–C) groups is 1. The maximum atomic E-state index is 12.4. The van der Waals surface area contributed by atoms with E-state index in [1.165, 1.54) is 19.5 Å². The SMILES string of the molecule is CN=C(NCCN1CCC1)N1CCN(C(=O)C2CCCO2)CC1. The molecule has 3 rings (SSSR count). The third-order valence-corrected chi connectivity index (χ3v) is 4.97. The summed E-state index contributed by atoms with van der Waals surface area (Å²) in [6.07, 6.45) is 3.01. The Labute approximate surface area is 138 Å². The number of guanidine groups is 1. The van der Waals surface area contributed by atoms with Crippen molar-refractivity contribution in [3.05, 3.63) is 0 Å². The Morgan fingerprint density at radius 1 is 1.13 bits per heavy atom. The lowest BCUT2D eigenvalue weighted by molar-refractivity contribution is -0.142. The van der Waals surface area contributed by atoms with Crippen LogP contribution in [0.25, 0.3) is 0 Å². The molecule has 0 bridgehead atoms. The molecule has 1 unspecified atom stereocenters. The summed E-state index contributed by atoms with van der Waals surface area (Å²) >= 11 is 0. The summed E-state index contributed by atoms with van der Waals surface area (Å²) in [6, 6.07) is 0. The van der Waals surface area contributed by atoms with Crippen LogP contribution < -0.4 is 5.32 Å². The minimum absolute atomic E-state index is 0.169. The monoisotopic (exact) mass is 323 g/mol. The quantitative estimate of drug-likeness (QED) is 0.563. The van der Waals surface area contributed by atoms with E-state index in [1.807, 2.05) is 11.9 Å². The van der Waals surface area contributed by atoms with Gasteiger partial charge in [-0.05, 0) is 32.4 Å². The normalized spacial score (nSPS) is 26.3. The number of hydrogen-bond donors (Lipinski definition) is 1. The minimum Gasteiger partial charge on any atom is -0.368 e. The second-order valence-electron chi connectivity index (χ2n) is 6.48. The number of likely N-dealkylation sites (tertiary alicyclic amines) is 1. The molecule has 3 heterocycles. The average molecular weight is 323 g/mol. The van der Waals surface area contributed by atoms with E-state index in [0.29, 0.717) is 0 Å². The van der Waals surface area contributed by atoms with E-state index in [0.717, 1.165) is 64.7 Å².